The number of carbonyl (C=O) groups excluding carboxylic acids is 2. The molecule has 2 aliphatic rings. The van der Waals surface area contributed by atoms with Crippen LogP contribution in [0.5, 0.6) is 0 Å². The Labute approximate surface area is 170 Å². The number of likely N-dealkylation sites (tertiary alicyclic amines) is 1. The van der Waals surface area contributed by atoms with Gasteiger partial charge in [0.15, 0.2) is 0 Å². The summed E-state index contributed by atoms with van der Waals surface area (Å²) in [6.07, 6.45) is 2.81. The van der Waals surface area contributed by atoms with E-state index in [1.54, 1.807) is 16.2 Å². The standard InChI is InChI=1S/C22H30N4O3/c1-22(2,3)25-11-9-14(10-12-25)15-5-6-16-18(13-15)24(4)21(29)26(16)17-7-8-19(27)23-20(17)28/h5-6,13-14,17H,7-12H2,1-4H3,(H,23,27,28). The third kappa shape index (κ3) is 3.52. The monoisotopic (exact) mass is 398 g/mol. The summed E-state index contributed by atoms with van der Waals surface area (Å²) in [5.74, 6) is -0.190. The first kappa shape index (κ1) is 19.9. The van der Waals surface area contributed by atoms with Gasteiger partial charge in [0.05, 0.1) is 11.0 Å². The number of piperidine rings is 2. The summed E-state index contributed by atoms with van der Waals surface area (Å²) in [7, 11) is 1.75. The van der Waals surface area contributed by atoms with Gasteiger partial charge in [-0.2, -0.15) is 0 Å². The van der Waals surface area contributed by atoms with Crippen molar-refractivity contribution in [1.29, 1.82) is 0 Å². The molecule has 1 aromatic heterocycles. The molecule has 1 N–H and O–H groups in total. The lowest BCUT2D eigenvalue weighted by molar-refractivity contribution is -0.135. The predicted octanol–water partition coefficient (Wildman–Crippen LogP) is 2.30. The number of nitrogens with one attached hydrogen (secondary N) is 1. The number of benzene rings is 1. The number of aryl methyl sites for hydroxylation is 1. The fourth-order valence-corrected chi connectivity index (χ4v) is 4.75. The van der Waals surface area contributed by atoms with Crippen molar-refractivity contribution in [1.82, 2.24) is 19.4 Å². The molecule has 1 aromatic carbocycles. The Morgan fingerprint density at radius 2 is 1.69 bits per heavy atom. The van der Waals surface area contributed by atoms with Gasteiger partial charge in [0.2, 0.25) is 11.8 Å². The molecular weight excluding hydrogens is 368 g/mol. The molecule has 0 radical (unpaired) electrons. The Morgan fingerprint density at radius 1 is 1.00 bits per heavy atom. The lowest BCUT2D eigenvalue weighted by Gasteiger charge is -2.41. The van der Waals surface area contributed by atoms with Gasteiger partial charge >= 0.3 is 5.69 Å². The van der Waals surface area contributed by atoms with Crippen LogP contribution in [0.25, 0.3) is 11.0 Å². The zero-order valence-electron chi connectivity index (χ0n) is 17.7. The fourth-order valence-electron chi connectivity index (χ4n) is 4.75. The highest BCUT2D eigenvalue weighted by Crippen LogP contribution is 2.33. The summed E-state index contributed by atoms with van der Waals surface area (Å²) in [4.78, 5) is 39.2. The number of fused-ring (bicyclic) bond motifs is 1. The molecule has 2 aliphatic heterocycles. The maximum atomic E-state index is 12.9. The van der Waals surface area contributed by atoms with E-state index >= 15 is 0 Å². The normalized spacial score (nSPS) is 22.3. The SMILES string of the molecule is Cn1c(=O)n(C2CCC(=O)NC2=O)c2ccc(C3CCN(C(C)(C)C)CC3)cc21. The van der Waals surface area contributed by atoms with Crippen LogP contribution in [0.3, 0.4) is 0 Å². The predicted molar refractivity (Wildman–Crippen MR) is 112 cm³/mol. The Morgan fingerprint density at radius 3 is 2.31 bits per heavy atom. The highest BCUT2D eigenvalue weighted by molar-refractivity contribution is 6.00. The number of imidazole rings is 1. The summed E-state index contributed by atoms with van der Waals surface area (Å²) >= 11 is 0. The third-order valence-electron chi connectivity index (χ3n) is 6.55. The number of hydrogen-bond donors (Lipinski definition) is 1. The van der Waals surface area contributed by atoms with E-state index in [9.17, 15) is 14.4 Å². The van der Waals surface area contributed by atoms with Crippen molar-refractivity contribution >= 4 is 22.8 Å². The number of amides is 2. The first-order chi connectivity index (χ1) is 13.7. The molecule has 1 unspecified atom stereocenters. The van der Waals surface area contributed by atoms with Crippen LogP contribution in [-0.2, 0) is 16.6 Å². The van der Waals surface area contributed by atoms with Gasteiger partial charge in [-0.3, -0.25) is 28.9 Å². The van der Waals surface area contributed by atoms with E-state index in [4.69, 9.17) is 0 Å². The van der Waals surface area contributed by atoms with Crippen molar-refractivity contribution in [3.63, 3.8) is 0 Å². The number of nitrogens with zero attached hydrogens (tertiary/aromatic N) is 3. The van der Waals surface area contributed by atoms with E-state index in [0.717, 1.165) is 37.0 Å². The average molecular weight is 399 g/mol. The van der Waals surface area contributed by atoms with Crippen LogP contribution < -0.4 is 11.0 Å². The van der Waals surface area contributed by atoms with Crippen LogP contribution in [0.2, 0.25) is 0 Å². The molecule has 0 spiro atoms. The molecule has 29 heavy (non-hydrogen) atoms. The van der Waals surface area contributed by atoms with Crippen molar-refractivity contribution in [3.05, 3.63) is 34.2 Å². The quantitative estimate of drug-likeness (QED) is 0.788. The molecule has 2 amide bonds. The van der Waals surface area contributed by atoms with Crippen LogP contribution in [0.4, 0.5) is 0 Å². The van der Waals surface area contributed by atoms with Gasteiger partial charge in [0, 0.05) is 19.0 Å². The lowest BCUT2D eigenvalue weighted by atomic mass is 9.87. The smallest absolute Gasteiger partial charge is 0.298 e. The van der Waals surface area contributed by atoms with Gasteiger partial charge in [-0.1, -0.05) is 6.07 Å². The van der Waals surface area contributed by atoms with Crippen LogP contribution in [0.1, 0.15) is 64.0 Å². The van der Waals surface area contributed by atoms with Crippen LogP contribution >= 0.6 is 0 Å². The molecule has 4 rings (SSSR count). The van der Waals surface area contributed by atoms with Crippen molar-refractivity contribution < 1.29 is 9.59 Å². The maximum absolute atomic E-state index is 12.9. The van der Waals surface area contributed by atoms with Gasteiger partial charge in [-0.25, -0.2) is 4.79 Å². The molecule has 3 heterocycles. The Hall–Kier alpha value is -2.41. The van der Waals surface area contributed by atoms with Crippen molar-refractivity contribution in [3.8, 4) is 0 Å². The van der Waals surface area contributed by atoms with E-state index in [0.29, 0.717) is 12.3 Å². The molecular formula is C22H30N4O3. The molecule has 7 nitrogen and oxygen atoms in total. The Bertz CT molecular complexity index is 1020. The summed E-state index contributed by atoms with van der Waals surface area (Å²) in [5, 5.41) is 2.36. The zero-order valence-corrected chi connectivity index (χ0v) is 17.7. The van der Waals surface area contributed by atoms with Gasteiger partial charge in [0.1, 0.15) is 6.04 Å². The minimum absolute atomic E-state index is 0.192. The first-order valence-electron chi connectivity index (χ1n) is 10.5. The van der Waals surface area contributed by atoms with Gasteiger partial charge in [0.25, 0.3) is 0 Å². The molecule has 2 fully saturated rings. The van der Waals surface area contributed by atoms with E-state index in [2.05, 4.69) is 43.1 Å². The molecule has 1 atom stereocenters. The number of imide groups is 1. The van der Waals surface area contributed by atoms with Gasteiger partial charge < -0.3 is 0 Å². The van der Waals surface area contributed by atoms with E-state index in [-0.39, 0.29) is 23.6 Å². The second-order valence-corrected chi connectivity index (χ2v) is 9.36. The minimum atomic E-state index is -0.634. The van der Waals surface area contributed by atoms with E-state index < -0.39 is 11.9 Å². The average Bonchev–Trinajstić information content (AvgIpc) is 2.92. The summed E-state index contributed by atoms with van der Waals surface area (Å²) < 4.78 is 3.16. The molecule has 2 aromatic rings. The summed E-state index contributed by atoms with van der Waals surface area (Å²) in [6, 6.07) is 5.54. The second kappa shape index (κ2) is 7.13. The van der Waals surface area contributed by atoms with E-state index in [1.165, 1.54) is 5.56 Å². The molecule has 0 saturated carbocycles. The number of hydrogen-bond acceptors (Lipinski definition) is 4. The lowest BCUT2D eigenvalue weighted by Crippen LogP contribution is -2.45. The third-order valence-corrected chi connectivity index (χ3v) is 6.55. The van der Waals surface area contributed by atoms with Gasteiger partial charge in [-0.05, 0) is 76.7 Å². The van der Waals surface area contributed by atoms with Crippen LogP contribution in [0.15, 0.2) is 23.0 Å². The van der Waals surface area contributed by atoms with Crippen molar-refractivity contribution in [2.24, 2.45) is 7.05 Å². The number of carbonyl (C=O) groups is 2. The van der Waals surface area contributed by atoms with Crippen molar-refractivity contribution in [2.45, 2.75) is 64.0 Å². The molecule has 0 bridgehead atoms. The van der Waals surface area contributed by atoms with Crippen LogP contribution in [-0.4, -0.2) is 44.5 Å². The molecule has 156 valence electrons. The summed E-state index contributed by atoms with van der Waals surface area (Å²) in [5.41, 5.74) is 2.83. The van der Waals surface area contributed by atoms with Crippen LogP contribution in [0, 0.1) is 0 Å². The first-order valence-corrected chi connectivity index (χ1v) is 10.5. The maximum Gasteiger partial charge on any atom is 0.329 e. The van der Waals surface area contributed by atoms with Crippen molar-refractivity contribution in [2.75, 3.05) is 13.1 Å². The van der Waals surface area contributed by atoms with Gasteiger partial charge in [-0.15, -0.1) is 0 Å². The second-order valence-electron chi connectivity index (χ2n) is 9.36. The topological polar surface area (TPSA) is 76.3 Å². The number of aromatic nitrogens is 2. The largest absolute Gasteiger partial charge is 0.329 e. The van der Waals surface area contributed by atoms with E-state index in [1.807, 2.05) is 6.07 Å². The molecule has 2 saturated heterocycles. The number of rotatable bonds is 2. The zero-order chi connectivity index (χ0) is 20.9. The molecule has 0 aliphatic carbocycles. The Balaban J connectivity index is 1.65. The summed E-state index contributed by atoms with van der Waals surface area (Å²) in [6.45, 7) is 8.91. The highest BCUT2D eigenvalue weighted by atomic mass is 16.2. The fraction of sp³-hybridized carbons (Fsp3) is 0.591. The molecule has 7 heteroatoms. The minimum Gasteiger partial charge on any atom is -0.298 e. The Kier molecular flexibility index (Phi) is 4.89. The highest BCUT2D eigenvalue weighted by Gasteiger charge is 2.32.